The third-order valence-electron chi connectivity index (χ3n) is 5.24. The van der Waals surface area contributed by atoms with Gasteiger partial charge in [-0.3, -0.25) is 0 Å². The minimum Gasteiger partial charge on any atom is -0.463 e. The SMILES string of the molecule is CCOC(=O)C1=C(c2ccccc2)N=C2SC(c3ccccc3)=NN2C1c1ccccc1. The van der Waals surface area contributed by atoms with Crippen LogP contribution in [-0.2, 0) is 9.53 Å². The summed E-state index contributed by atoms with van der Waals surface area (Å²) < 4.78 is 5.50. The van der Waals surface area contributed by atoms with E-state index < -0.39 is 6.04 Å². The molecule has 0 saturated heterocycles. The number of amidine groups is 1. The van der Waals surface area contributed by atoms with Crippen LogP contribution in [0.15, 0.2) is 107 Å². The Morgan fingerprint density at radius 3 is 2.12 bits per heavy atom. The lowest BCUT2D eigenvalue weighted by molar-refractivity contribution is -0.139. The van der Waals surface area contributed by atoms with E-state index in [0.29, 0.717) is 11.3 Å². The first kappa shape index (κ1) is 20.3. The summed E-state index contributed by atoms with van der Waals surface area (Å²) in [6, 6.07) is 29.3. The van der Waals surface area contributed by atoms with Crippen LogP contribution in [0.2, 0.25) is 0 Å². The molecule has 2 aliphatic heterocycles. The summed E-state index contributed by atoms with van der Waals surface area (Å²) in [7, 11) is 0. The predicted molar refractivity (Wildman–Crippen MR) is 129 cm³/mol. The van der Waals surface area contributed by atoms with Gasteiger partial charge in [0.25, 0.3) is 0 Å². The van der Waals surface area contributed by atoms with Crippen LogP contribution < -0.4 is 0 Å². The van der Waals surface area contributed by atoms with Crippen molar-refractivity contribution in [3.63, 3.8) is 0 Å². The summed E-state index contributed by atoms with van der Waals surface area (Å²) in [4.78, 5) is 18.2. The van der Waals surface area contributed by atoms with Gasteiger partial charge in [0, 0.05) is 11.1 Å². The number of benzene rings is 3. The Morgan fingerprint density at radius 1 is 0.906 bits per heavy atom. The maximum atomic E-state index is 13.3. The molecular weight excluding hydrogens is 418 g/mol. The normalized spacial score (nSPS) is 17.5. The lowest BCUT2D eigenvalue weighted by Crippen LogP contribution is -2.34. The van der Waals surface area contributed by atoms with Crippen molar-refractivity contribution in [1.82, 2.24) is 5.01 Å². The van der Waals surface area contributed by atoms with Crippen LogP contribution >= 0.6 is 11.8 Å². The number of fused-ring (bicyclic) bond motifs is 1. The lowest BCUT2D eigenvalue weighted by atomic mass is 9.93. The fourth-order valence-corrected chi connectivity index (χ4v) is 4.75. The quantitative estimate of drug-likeness (QED) is 0.494. The van der Waals surface area contributed by atoms with Gasteiger partial charge in [0.05, 0.1) is 17.9 Å². The van der Waals surface area contributed by atoms with Crippen molar-refractivity contribution in [2.75, 3.05) is 6.61 Å². The summed E-state index contributed by atoms with van der Waals surface area (Å²) in [5.74, 6) is -0.378. The summed E-state index contributed by atoms with van der Waals surface area (Å²) in [5.41, 5.74) is 3.96. The fraction of sp³-hybridized carbons (Fsp3) is 0.115. The molecule has 158 valence electrons. The summed E-state index contributed by atoms with van der Waals surface area (Å²) in [6.45, 7) is 2.10. The average molecular weight is 440 g/mol. The van der Waals surface area contributed by atoms with Gasteiger partial charge in [0.15, 0.2) is 5.17 Å². The number of rotatable bonds is 5. The molecule has 0 amide bonds. The molecule has 0 spiro atoms. The number of carbonyl (C=O) groups is 1. The van der Waals surface area contributed by atoms with E-state index >= 15 is 0 Å². The van der Waals surface area contributed by atoms with E-state index in [4.69, 9.17) is 14.8 Å². The Morgan fingerprint density at radius 2 is 1.50 bits per heavy atom. The van der Waals surface area contributed by atoms with Gasteiger partial charge < -0.3 is 4.74 Å². The molecule has 0 aromatic heterocycles. The van der Waals surface area contributed by atoms with E-state index in [-0.39, 0.29) is 12.6 Å². The third kappa shape index (κ3) is 3.74. The highest BCUT2D eigenvalue weighted by atomic mass is 32.2. The Bertz CT molecular complexity index is 1220. The van der Waals surface area contributed by atoms with E-state index in [2.05, 4.69) is 0 Å². The standard InChI is InChI=1S/C26H21N3O2S/c1-2-31-25(30)21-22(18-12-6-3-7-13-18)27-26-29(23(21)19-14-8-4-9-15-19)28-24(32-26)20-16-10-5-11-17-20/h3-17,23H,2H2,1H3. The number of hydrazone groups is 1. The van der Waals surface area contributed by atoms with Crippen LogP contribution in [0.1, 0.15) is 29.7 Å². The van der Waals surface area contributed by atoms with Crippen molar-refractivity contribution in [3.8, 4) is 0 Å². The lowest BCUT2D eigenvalue weighted by Gasteiger charge is -2.32. The first-order valence-corrected chi connectivity index (χ1v) is 11.3. The van der Waals surface area contributed by atoms with Crippen LogP contribution in [0, 0.1) is 0 Å². The molecule has 2 aliphatic rings. The van der Waals surface area contributed by atoms with Crippen molar-refractivity contribution < 1.29 is 9.53 Å². The number of thioether (sulfide) groups is 1. The molecular formula is C26H21N3O2S. The molecule has 5 nitrogen and oxygen atoms in total. The van der Waals surface area contributed by atoms with Gasteiger partial charge in [0.2, 0.25) is 0 Å². The molecule has 5 rings (SSSR count). The van der Waals surface area contributed by atoms with Gasteiger partial charge in [-0.1, -0.05) is 91.0 Å². The molecule has 0 saturated carbocycles. The maximum Gasteiger partial charge on any atom is 0.338 e. The molecule has 32 heavy (non-hydrogen) atoms. The highest BCUT2D eigenvalue weighted by molar-refractivity contribution is 8.27. The van der Waals surface area contributed by atoms with E-state index in [1.165, 1.54) is 11.8 Å². The van der Waals surface area contributed by atoms with E-state index in [1.54, 1.807) is 0 Å². The monoisotopic (exact) mass is 439 g/mol. The molecule has 6 heteroatoms. The Balaban J connectivity index is 1.71. The van der Waals surface area contributed by atoms with Crippen LogP contribution in [0.25, 0.3) is 5.70 Å². The van der Waals surface area contributed by atoms with Crippen LogP contribution in [0.5, 0.6) is 0 Å². The molecule has 0 N–H and O–H groups in total. The van der Waals surface area contributed by atoms with Gasteiger partial charge in [-0.15, -0.1) is 0 Å². The van der Waals surface area contributed by atoms with Crippen molar-refractivity contribution in [2.24, 2.45) is 10.1 Å². The van der Waals surface area contributed by atoms with E-state index in [0.717, 1.165) is 26.9 Å². The minimum atomic E-state index is -0.438. The first-order chi connectivity index (χ1) is 15.8. The molecule has 0 radical (unpaired) electrons. The van der Waals surface area contributed by atoms with Crippen LogP contribution in [0.3, 0.4) is 0 Å². The third-order valence-corrected chi connectivity index (χ3v) is 6.21. The number of aliphatic imine (C=N–C) groups is 1. The largest absolute Gasteiger partial charge is 0.463 e. The molecule has 1 atom stereocenters. The van der Waals surface area contributed by atoms with Crippen LogP contribution in [-0.4, -0.2) is 27.8 Å². The van der Waals surface area contributed by atoms with Gasteiger partial charge >= 0.3 is 5.97 Å². The van der Waals surface area contributed by atoms with Crippen molar-refractivity contribution in [1.29, 1.82) is 0 Å². The fourth-order valence-electron chi connectivity index (χ4n) is 3.82. The number of nitrogens with zero attached hydrogens (tertiary/aromatic N) is 3. The zero-order chi connectivity index (χ0) is 21.9. The highest BCUT2D eigenvalue weighted by Crippen LogP contribution is 2.44. The van der Waals surface area contributed by atoms with E-state index in [1.807, 2.05) is 103 Å². The minimum absolute atomic E-state index is 0.287. The second kappa shape index (κ2) is 8.85. The number of esters is 1. The smallest absolute Gasteiger partial charge is 0.338 e. The average Bonchev–Trinajstić information content (AvgIpc) is 3.29. The topological polar surface area (TPSA) is 54.3 Å². The summed E-state index contributed by atoms with van der Waals surface area (Å²) in [6.07, 6.45) is 0. The van der Waals surface area contributed by atoms with Crippen molar-refractivity contribution in [3.05, 3.63) is 113 Å². The second-order valence-corrected chi connectivity index (χ2v) is 8.23. The zero-order valence-electron chi connectivity index (χ0n) is 17.5. The molecule has 3 aromatic rings. The maximum absolute atomic E-state index is 13.3. The highest BCUT2D eigenvalue weighted by Gasteiger charge is 2.42. The van der Waals surface area contributed by atoms with Crippen LogP contribution in [0.4, 0.5) is 0 Å². The Hall–Kier alpha value is -3.64. The predicted octanol–water partition coefficient (Wildman–Crippen LogP) is 5.48. The summed E-state index contributed by atoms with van der Waals surface area (Å²) in [5, 5.41) is 8.34. The first-order valence-electron chi connectivity index (χ1n) is 10.5. The molecule has 1 unspecified atom stereocenters. The summed E-state index contributed by atoms with van der Waals surface area (Å²) >= 11 is 1.51. The molecule has 0 bridgehead atoms. The molecule has 0 fully saturated rings. The number of ether oxygens (including phenoxy) is 1. The van der Waals surface area contributed by atoms with Gasteiger partial charge in [-0.2, -0.15) is 5.10 Å². The Kier molecular flexibility index (Phi) is 5.60. The number of carbonyl (C=O) groups excluding carboxylic acids is 1. The van der Waals surface area contributed by atoms with Gasteiger partial charge in [-0.25, -0.2) is 14.8 Å². The van der Waals surface area contributed by atoms with Crippen molar-refractivity contribution in [2.45, 2.75) is 13.0 Å². The van der Waals surface area contributed by atoms with Crippen molar-refractivity contribution >= 4 is 33.6 Å². The second-order valence-electron chi connectivity index (χ2n) is 7.27. The zero-order valence-corrected chi connectivity index (χ0v) is 18.3. The number of hydrogen-bond acceptors (Lipinski definition) is 6. The number of hydrogen-bond donors (Lipinski definition) is 0. The van der Waals surface area contributed by atoms with E-state index in [9.17, 15) is 4.79 Å². The molecule has 3 aromatic carbocycles. The molecule has 0 aliphatic carbocycles. The van der Waals surface area contributed by atoms with Gasteiger partial charge in [0.1, 0.15) is 11.1 Å². The Labute approximate surface area is 191 Å². The van der Waals surface area contributed by atoms with Gasteiger partial charge in [-0.05, 0) is 24.2 Å². The molecule has 2 heterocycles.